The average molecular weight is 336 g/mol. The number of anilines is 1. The molecule has 25 heavy (non-hydrogen) atoms. The van der Waals surface area contributed by atoms with Crippen LogP contribution in [0.2, 0.25) is 0 Å². The zero-order chi connectivity index (χ0) is 17.4. The van der Waals surface area contributed by atoms with Gasteiger partial charge < -0.3 is 9.64 Å². The molecule has 0 bridgehead atoms. The van der Waals surface area contributed by atoms with E-state index in [0.29, 0.717) is 11.4 Å². The third-order valence-corrected chi connectivity index (χ3v) is 5.06. The van der Waals surface area contributed by atoms with Crippen molar-refractivity contribution in [3.8, 4) is 5.75 Å². The van der Waals surface area contributed by atoms with Gasteiger partial charge in [-0.2, -0.15) is 0 Å². The lowest BCUT2D eigenvalue weighted by molar-refractivity contribution is -0.132. The molecule has 0 saturated carbocycles. The molecule has 1 atom stereocenters. The molecular weight excluding hydrogens is 316 g/mol. The maximum Gasteiger partial charge on any atom is 0.265 e. The Balaban J connectivity index is 1.54. The number of aryl methyl sites for hydroxylation is 1. The lowest BCUT2D eigenvalue weighted by Crippen LogP contribution is -2.46. The van der Waals surface area contributed by atoms with Crippen molar-refractivity contribution < 1.29 is 14.3 Å². The SMILES string of the molecule is CN(C(=O)CN1C(=O)COc2ccccc21)[C@H]1CCc2ccccc21. The van der Waals surface area contributed by atoms with Crippen LogP contribution in [0.1, 0.15) is 23.6 Å². The number of benzene rings is 2. The molecule has 128 valence electrons. The molecule has 0 radical (unpaired) electrons. The predicted molar refractivity (Wildman–Crippen MR) is 94.6 cm³/mol. The molecule has 0 unspecified atom stereocenters. The van der Waals surface area contributed by atoms with Crippen LogP contribution in [0.3, 0.4) is 0 Å². The topological polar surface area (TPSA) is 49.9 Å². The molecule has 0 spiro atoms. The number of rotatable bonds is 3. The van der Waals surface area contributed by atoms with E-state index in [1.54, 1.807) is 4.90 Å². The van der Waals surface area contributed by atoms with E-state index >= 15 is 0 Å². The van der Waals surface area contributed by atoms with Gasteiger partial charge in [-0.05, 0) is 36.1 Å². The highest BCUT2D eigenvalue weighted by Crippen LogP contribution is 2.36. The van der Waals surface area contributed by atoms with Gasteiger partial charge in [0.25, 0.3) is 5.91 Å². The molecule has 5 nitrogen and oxygen atoms in total. The van der Waals surface area contributed by atoms with Gasteiger partial charge in [0.15, 0.2) is 6.61 Å². The van der Waals surface area contributed by atoms with E-state index in [9.17, 15) is 9.59 Å². The Hall–Kier alpha value is -2.82. The zero-order valence-corrected chi connectivity index (χ0v) is 14.1. The lowest BCUT2D eigenvalue weighted by Gasteiger charge is -2.32. The van der Waals surface area contributed by atoms with Gasteiger partial charge in [0.1, 0.15) is 12.3 Å². The Morgan fingerprint density at radius 1 is 1.20 bits per heavy atom. The second-order valence-electron chi connectivity index (χ2n) is 6.49. The van der Waals surface area contributed by atoms with Gasteiger partial charge in [-0.1, -0.05) is 36.4 Å². The van der Waals surface area contributed by atoms with Gasteiger partial charge in [0, 0.05) is 7.05 Å². The first-order valence-corrected chi connectivity index (χ1v) is 8.51. The van der Waals surface area contributed by atoms with E-state index in [4.69, 9.17) is 4.74 Å². The molecule has 0 aromatic heterocycles. The summed E-state index contributed by atoms with van der Waals surface area (Å²) < 4.78 is 5.44. The monoisotopic (exact) mass is 336 g/mol. The van der Waals surface area contributed by atoms with E-state index in [0.717, 1.165) is 12.8 Å². The van der Waals surface area contributed by atoms with Crippen molar-refractivity contribution in [3.05, 3.63) is 59.7 Å². The Morgan fingerprint density at radius 3 is 2.84 bits per heavy atom. The van der Waals surface area contributed by atoms with Gasteiger partial charge in [0.05, 0.1) is 11.7 Å². The van der Waals surface area contributed by atoms with Crippen molar-refractivity contribution >= 4 is 17.5 Å². The first-order chi connectivity index (χ1) is 12.1. The highest BCUT2D eigenvalue weighted by atomic mass is 16.5. The molecule has 0 N–H and O–H groups in total. The largest absolute Gasteiger partial charge is 0.482 e. The minimum Gasteiger partial charge on any atom is -0.482 e. The molecule has 2 amide bonds. The van der Waals surface area contributed by atoms with Crippen LogP contribution in [0, 0.1) is 0 Å². The standard InChI is InChI=1S/C20H20N2O3/c1-21(16-11-10-14-6-2-3-7-15(14)16)19(23)12-22-17-8-4-5-9-18(17)25-13-20(22)24/h2-9,16H,10-13H2,1H3/t16-/m0/s1. The maximum atomic E-state index is 12.9. The molecule has 2 aromatic rings. The summed E-state index contributed by atoms with van der Waals surface area (Å²) in [7, 11) is 1.83. The Labute approximate surface area is 146 Å². The van der Waals surface area contributed by atoms with Crippen molar-refractivity contribution in [3.63, 3.8) is 0 Å². The van der Waals surface area contributed by atoms with Crippen molar-refractivity contribution in [1.29, 1.82) is 0 Å². The summed E-state index contributed by atoms with van der Waals surface area (Å²) in [5, 5.41) is 0. The summed E-state index contributed by atoms with van der Waals surface area (Å²) in [5.41, 5.74) is 3.18. The third kappa shape index (κ3) is 2.76. The summed E-state index contributed by atoms with van der Waals surface area (Å²) in [6, 6.07) is 15.7. The van der Waals surface area contributed by atoms with E-state index in [1.807, 2.05) is 43.4 Å². The first-order valence-electron chi connectivity index (χ1n) is 8.51. The van der Waals surface area contributed by atoms with Crippen LogP contribution in [-0.2, 0) is 16.0 Å². The van der Waals surface area contributed by atoms with Gasteiger partial charge in [0.2, 0.25) is 5.91 Å². The van der Waals surface area contributed by atoms with Crippen LogP contribution in [0.25, 0.3) is 0 Å². The number of amides is 2. The van der Waals surface area contributed by atoms with Crippen molar-refractivity contribution in [1.82, 2.24) is 4.90 Å². The molecule has 1 aliphatic carbocycles. The second kappa shape index (κ2) is 6.24. The molecule has 0 fully saturated rings. The van der Waals surface area contributed by atoms with Gasteiger partial charge >= 0.3 is 0 Å². The minimum atomic E-state index is -0.188. The number of carbonyl (C=O) groups excluding carboxylic acids is 2. The van der Waals surface area contributed by atoms with E-state index in [-0.39, 0.29) is 31.0 Å². The fourth-order valence-electron chi connectivity index (χ4n) is 3.68. The predicted octanol–water partition coefficient (Wildman–Crippen LogP) is 2.56. The van der Waals surface area contributed by atoms with Crippen LogP contribution in [0.5, 0.6) is 5.75 Å². The van der Waals surface area contributed by atoms with Crippen LogP contribution in [-0.4, -0.2) is 36.9 Å². The zero-order valence-electron chi connectivity index (χ0n) is 14.1. The highest BCUT2D eigenvalue weighted by Gasteiger charge is 2.32. The summed E-state index contributed by atoms with van der Waals surface area (Å²) >= 11 is 0. The molecule has 1 heterocycles. The van der Waals surface area contributed by atoms with Crippen LogP contribution in [0.15, 0.2) is 48.5 Å². The third-order valence-electron chi connectivity index (χ3n) is 5.06. The Kier molecular flexibility index (Phi) is 3.92. The number of ether oxygens (including phenoxy) is 1. The van der Waals surface area contributed by atoms with Crippen LogP contribution < -0.4 is 9.64 Å². The normalized spacial score (nSPS) is 18.4. The number of hydrogen-bond donors (Lipinski definition) is 0. The first kappa shape index (κ1) is 15.7. The smallest absolute Gasteiger partial charge is 0.265 e. The molecule has 2 aromatic carbocycles. The number of hydrogen-bond acceptors (Lipinski definition) is 3. The number of nitrogens with zero attached hydrogens (tertiary/aromatic N) is 2. The van der Waals surface area contributed by atoms with E-state index < -0.39 is 0 Å². The highest BCUT2D eigenvalue weighted by molar-refractivity contribution is 6.02. The quantitative estimate of drug-likeness (QED) is 0.865. The van der Waals surface area contributed by atoms with Crippen molar-refractivity contribution in [2.75, 3.05) is 25.1 Å². The summed E-state index contributed by atoms with van der Waals surface area (Å²) in [6.07, 6.45) is 1.91. The van der Waals surface area contributed by atoms with Gasteiger partial charge in [-0.15, -0.1) is 0 Å². The Bertz CT molecular complexity index is 833. The number of carbonyl (C=O) groups is 2. The van der Waals surface area contributed by atoms with Crippen LogP contribution in [0.4, 0.5) is 5.69 Å². The minimum absolute atomic E-state index is 0.0275. The summed E-state index contributed by atoms with van der Waals surface area (Å²) in [5.74, 6) is 0.391. The van der Waals surface area contributed by atoms with Crippen molar-refractivity contribution in [2.24, 2.45) is 0 Å². The average Bonchev–Trinajstić information content (AvgIpc) is 3.07. The molecule has 0 saturated heterocycles. The van der Waals surface area contributed by atoms with E-state index in [2.05, 4.69) is 12.1 Å². The Morgan fingerprint density at radius 2 is 1.96 bits per heavy atom. The summed E-state index contributed by atoms with van der Waals surface area (Å²) in [4.78, 5) is 28.4. The lowest BCUT2D eigenvalue weighted by atomic mass is 10.1. The molecule has 5 heteroatoms. The molecular formula is C20H20N2O3. The number of fused-ring (bicyclic) bond motifs is 2. The molecule has 2 aliphatic rings. The van der Waals surface area contributed by atoms with E-state index in [1.165, 1.54) is 16.0 Å². The maximum absolute atomic E-state index is 12.9. The second-order valence-corrected chi connectivity index (χ2v) is 6.49. The van der Waals surface area contributed by atoms with Crippen molar-refractivity contribution in [2.45, 2.75) is 18.9 Å². The number of likely N-dealkylation sites (N-methyl/N-ethyl adjacent to an activating group) is 1. The molecule has 4 rings (SSSR count). The van der Waals surface area contributed by atoms with Gasteiger partial charge in [-0.25, -0.2) is 0 Å². The molecule has 1 aliphatic heterocycles. The fourth-order valence-corrected chi connectivity index (χ4v) is 3.68. The van der Waals surface area contributed by atoms with Crippen LogP contribution >= 0.6 is 0 Å². The number of para-hydroxylation sites is 2. The fraction of sp³-hybridized carbons (Fsp3) is 0.300. The van der Waals surface area contributed by atoms with Gasteiger partial charge in [-0.3, -0.25) is 14.5 Å². The summed E-state index contributed by atoms with van der Waals surface area (Å²) in [6.45, 7) is 0.00857.